The van der Waals surface area contributed by atoms with Crippen molar-refractivity contribution in [3.8, 4) is 0 Å². The smallest absolute Gasteiger partial charge is 1.00 e. The molecule has 0 nitrogen and oxygen atoms in total. The van der Waals surface area contributed by atoms with Crippen LogP contribution in [0.5, 0.6) is 0 Å². The Morgan fingerprint density at radius 2 is 1.43 bits per heavy atom. The quantitative estimate of drug-likeness (QED) is 0.333. The number of halogens is 2. The molecule has 7 heavy (non-hydrogen) atoms. The van der Waals surface area contributed by atoms with Gasteiger partial charge in [0.2, 0.25) is 0 Å². The molecule has 0 N–H and O–H groups in total. The van der Waals surface area contributed by atoms with Gasteiger partial charge < -0.3 is 24.8 Å². The van der Waals surface area contributed by atoms with Gasteiger partial charge in [-0.15, -0.1) is 0 Å². The first-order valence-corrected chi connectivity index (χ1v) is 2.79. The van der Waals surface area contributed by atoms with Crippen LogP contribution in [0.2, 0.25) is 5.28 Å². The van der Waals surface area contributed by atoms with E-state index in [4.69, 9.17) is 0 Å². The van der Waals surface area contributed by atoms with E-state index in [1.54, 1.807) is 0 Å². The zero-order valence-electron chi connectivity index (χ0n) is 4.62. The van der Waals surface area contributed by atoms with Gasteiger partial charge in [-0.25, -0.2) is 0 Å². The number of hydrogen-bond donors (Lipinski definition) is 0. The zero-order valence-corrected chi connectivity index (χ0v) is 7.28. The SMILES string of the molecule is CC(C)[CH2][Al+2].[Cl-].[Cl-]. The van der Waals surface area contributed by atoms with Crippen molar-refractivity contribution in [2.24, 2.45) is 5.92 Å². The van der Waals surface area contributed by atoms with Gasteiger partial charge in [-0.2, -0.15) is 0 Å². The minimum absolute atomic E-state index is 0. The van der Waals surface area contributed by atoms with Crippen LogP contribution >= 0.6 is 0 Å². The second kappa shape index (κ2) is 10.2. The normalized spacial score (nSPS) is 7.00. The molecule has 0 aliphatic rings. The van der Waals surface area contributed by atoms with E-state index in [1.807, 2.05) is 0 Å². The molecule has 0 aromatic rings. The Hall–Kier alpha value is 1.11. The number of rotatable bonds is 1. The van der Waals surface area contributed by atoms with Crippen molar-refractivity contribution < 1.29 is 24.8 Å². The fourth-order valence-corrected chi connectivity index (χ4v) is 0. The summed E-state index contributed by atoms with van der Waals surface area (Å²) >= 11 is 2.69. The monoisotopic (exact) mass is 154 g/mol. The van der Waals surface area contributed by atoms with Crippen LogP contribution in [-0.2, 0) is 0 Å². The van der Waals surface area contributed by atoms with Crippen LogP contribution in [0.3, 0.4) is 0 Å². The molecule has 0 rings (SSSR count). The van der Waals surface area contributed by atoms with Gasteiger partial charge in [-0.3, -0.25) is 0 Å². The van der Waals surface area contributed by atoms with Gasteiger partial charge in [0, 0.05) is 0 Å². The predicted octanol–water partition coefficient (Wildman–Crippen LogP) is -4.76. The van der Waals surface area contributed by atoms with E-state index in [9.17, 15) is 0 Å². The van der Waals surface area contributed by atoms with Gasteiger partial charge in [0.15, 0.2) is 0 Å². The first kappa shape index (κ1) is 15.7. The molecular weight excluding hydrogens is 146 g/mol. The predicted molar refractivity (Wildman–Crippen MR) is 25.4 cm³/mol. The molecule has 42 valence electrons. The Morgan fingerprint density at radius 3 is 1.43 bits per heavy atom. The van der Waals surface area contributed by atoms with Gasteiger partial charge in [0.05, 0.1) is 0 Å². The summed E-state index contributed by atoms with van der Waals surface area (Å²) in [7, 11) is 0. The van der Waals surface area contributed by atoms with Crippen molar-refractivity contribution in [3.63, 3.8) is 0 Å². The van der Waals surface area contributed by atoms with Crippen LogP contribution in [0, 0.1) is 5.92 Å². The van der Waals surface area contributed by atoms with Crippen molar-refractivity contribution in [2.75, 3.05) is 0 Å². The first-order valence-electron chi connectivity index (χ1n) is 1.97. The third-order valence-electron chi connectivity index (χ3n) is 0.471. The van der Waals surface area contributed by atoms with Crippen molar-refractivity contribution >= 4 is 16.3 Å². The van der Waals surface area contributed by atoms with Crippen LogP contribution in [0.4, 0.5) is 0 Å². The van der Waals surface area contributed by atoms with Crippen LogP contribution in [0.25, 0.3) is 0 Å². The molecule has 0 bridgehead atoms. The molecule has 0 aromatic carbocycles. The standard InChI is InChI=1S/C4H9.Al.2ClH/c1-4(2)3;;;/h4H,1H2,2-3H3;;2*1H/q;+2;;/p-2. The summed E-state index contributed by atoms with van der Waals surface area (Å²) in [6, 6.07) is 0. The molecule has 0 saturated carbocycles. The molecule has 0 saturated heterocycles. The molecule has 0 aliphatic heterocycles. The minimum atomic E-state index is 0. The topological polar surface area (TPSA) is 0 Å². The van der Waals surface area contributed by atoms with E-state index in [0.717, 1.165) is 5.92 Å². The van der Waals surface area contributed by atoms with Gasteiger partial charge in [0.1, 0.15) is 0 Å². The summed E-state index contributed by atoms with van der Waals surface area (Å²) in [5, 5.41) is 1.22. The second-order valence-electron chi connectivity index (χ2n) is 1.63. The zero-order chi connectivity index (χ0) is 4.28. The maximum absolute atomic E-state index is 2.69. The summed E-state index contributed by atoms with van der Waals surface area (Å²) in [6.07, 6.45) is 0. The number of hydrogen-bond acceptors (Lipinski definition) is 0. The molecule has 0 unspecified atom stereocenters. The van der Waals surface area contributed by atoms with Crippen molar-refractivity contribution in [3.05, 3.63) is 0 Å². The summed E-state index contributed by atoms with van der Waals surface area (Å²) in [4.78, 5) is 0. The minimum Gasteiger partial charge on any atom is -1.00 e. The maximum atomic E-state index is 2.69. The molecule has 0 aromatic heterocycles. The molecule has 0 fully saturated rings. The molecule has 0 aliphatic carbocycles. The van der Waals surface area contributed by atoms with Crippen LogP contribution < -0.4 is 24.8 Å². The third kappa shape index (κ3) is 19.2. The van der Waals surface area contributed by atoms with E-state index in [2.05, 4.69) is 30.1 Å². The first-order chi connectivity index (χ1) is 2.27. The molecular formula is C4H9AlCl2. The Bertz CT molecular complexity index is 23.7. The van der Waals surface area contributed by atoms with Crippen molar-refractivity contribution in [1.29, 1.82) is 0 Å². The van der Waals surface area contributed by atoms with Crippen molar-refractivity contribution in [1.82, 2.24) is 0 Å². The van der Waals surface area contributed by atoms with E-state index >= 15 is 0 Å². The van der Waals surface area contributed by atoms with Crippen LogP contribution in [-0.4, -0.2) is 16.3 Å². The van der Waals surface area contributed by atoms with Gasteiger partial charge in [-0.1, -0.05) is 0 Å². The molecule has 3 heteroatoms. The Balaban J connectivity index is -0.0000000800. The van der Waals surface area contributed by atoms with E-state index in [-0.39, 0.29) is 24.8 Å². The fraction of sp³-hybridized carbons (Fsp3) is 1.00. The second-order valence-corrected chi connectivity index (χ2v) is 2.10. The van der Waals surface area contributed by atoms with E-state index in [1.165, 1.54) is 5.28 Å². The molecule has 0 spiro atoms. The summed E-state index contributed by atoms with van der Waals surface area (Å²) in [5.74, 6) is 0.847. The Labute approximate surface area is 66.3 Å². The van der Waals surface area contributed by atoms with Gasteiger partial charge in [0.25, 0.3) is 0 Å². The Kier molecular flexibility index (Phi) is 22.8. The van der Waals surface area contributed by atoms with Crippen LogP contribution in [0.15, 0.2) is 0 Å². The van der Waals surface area contributed by atoms with Crippen LogP contribution in [0.1, 0.15) is 13.8 Å². The Morgan fingerprint density at radius 1 is 1.29 bits per heavy atom. The maximum Gasteiger partial charge on any atom is -1.00 e. The summed E-state index contributed by atoms with van der Waals surface area (Å²) < 4.78 is 0. The summed E-state index contributed by atoms with van der Waals surface area (Å²) in [6.45, 7) is 4.40. The van der Waals surface area contributed by atoms with Gasteiger partial charge in [-0.05, 0) is 0 Å². The average molecular weight is 155 g/mol. The molecule has 0 atom stereocenters. The third-order valence-corrected chi connectivity index (χ3v) is 1.41. The fourth-order valence-electron chi connectivity index (χ4n) is 0. The van der Waals surface area contributed by atoms with E-state index in [0.29, 0.717) is 0 Å². The average Bonchev–Trinajstić information content (AvgIpc) is 1.38. The molecule has 0 heterocycles. The van der Waals surface area contributed by atoms with E-state index < -0.39 is 0 Å². The van der Waals surface area contributed by atoms with Gasteiger partial charge >= 0.3 is 41.3 Å². The molecule has 0 radical (unpaired) electrons. The largest absolute Gasteiger partial charge is 1.00 e. The van der Waals surface area contributed by atoms with Crippen molar-refractivity contribution in [2.45, 2.75) is 19.1 Å². The summed E-state index contributed by atoms with van der Waals surface area (Å²) in [5.41, 5.74) is 0. The molecule has 0 amide bonds.